The number of para-hydroxylation sites is 2. The van der Waals surface area contributed by atoms with E-state index < -0.39 is 0 Å². The highest BCUT2D eigenvalue weighted by atomic mass is 32.2. The van der Waals surface area contributed by atoms with Crippen LogP contribution in [-0.4, -0.2) is 21.2 Å². The van der Waals surface area contributed by atoms with Crippen LogP contribution < -0.4 is 0 Å². The van der Waals surface area contributed by atoms with Gasteiger partial charge in [0.1, 0.15) is 5.52 Å². The van der Waals surface area contributed by atoms with Gasteiger partial charge in [-0.25, -0.2) is 4.98 Å². The average molecular weight is 342 g/mol. The molecule has 1 N–H and O–H groups in total. The number of allylic oxidation sites excluding steroid dienone is 4. The van der Waals surface area contributed by atoms with E-state index in [9.17, 15) is 5.21 Å². The van der Waals surface area contributed by atoms with E-state index in [1.807, 2.05) is 24.3 Å². The van der Waals surface area contributed by atoms with E-state index in [-0.39, 0.29) is 5.25 Å². The van der Waals surface area contributed by atoms with Crippen LogP contribution in [0, 0.1) is 0 Å². The number of hydrogen-bond donors (Lipinski definition) is 1. The molecule has 1 heterocycles. The van der Waals surface area contributed by atoms with E-state index in [0.29, 0.717) is 5.22 Å². The van der Waals surface area contributed by atoms with E-state index in [4.69, 9.17) is 4.42 Å². The minimum Gasteiger partial charge on any atom is -0.431 e. The van der Waals surface area contributed by atoms with Crippen molar-refractivity contribution in [2.24, 2.45) is 5.16 Å². The Bertz CT molecular complexity index is 716. The van der Waals surface area contributed by atoms with E-state index >= 15 is 0 Å². The average Bonchev–Trinajstić information content (AvgIpc) is 3.00. The van der Waals surface area contributed by atoms with Crippen molar-refractivity contribution in [3.8, 4) is 0 Å². The van der Waals surface area contributed by atoms with Crippen LogP contribution >= 0.6 is 11.8 Å². The van der Waals surface area contributed by atoms with Gasteiger partial charge in [0, 0.05) is 0 Å². The maximum absolute atomic E-state index is 9.47. The molecule has 0 amide bonds. The number of aromatic nitrogens is 1. The monoisotopic (exact) mass is 342 g/mol. The van der Waals surface area contributed by atoms with Crippen LogP contribution in [0.25, 0.3) is 11.1 Å². The lowest BCUT2D eigenvalue weighted by Gasteiger charge is -2.15. The molecule has 0 saturated heterocycles. The third-order valence-corrected chi connectivity index (χ3v) is 5.18. The molecule has 4 nitrogen and oxygen atoms in total. The van der Waals surface area contributed by atoms with E-state index in [1.54, 1.807) is 11.8 Å². The summed E-state index contributed by atoms with van der Waals surface area (Å²) in [6.07, 6.45) is 14.5. The van der Waals surface area contributed by atoms with Gasteiger partial charge in [-0.3, -0.25) is 0 Å². The topological polar surface area (TPSA) is 58.6 Å². The van der Waals surface area contributed by atoms with Gasteiger partial charge in [0.05, 0.1) is 11.0 Å². The molecule has 1 aliphatic carbocycles. The van der Waals surface area contributed by atoms with Gasteiger partial charge < -0.3 is 9.62 Å². The molecule has 1 atom stereocenters. The normalized spacial score (nSPS) is 24.3. The van der Waals surface area contributed by atoms with Crippen LogP contribution in [0.15, 0.2) is 63.4 Å². The van der Waals surface area contributed by atoms with Gasteiger partial charge in [-0.05, 0) is 50.7 Å². The highest BCUT2D eigenvalue weighted by Crippen LogP contribution is 2.31. The quantitative estimate of drug-likeness (QED) is 0.439. The molecule has 0 aliphatic heterocycles. The van der Waals surface area contributed by atoms with Gasteiger partial charge in [-0.15, -0.1) is 0 Å². The molecule has 1 aliphatic rings. The Kier molecular flexibility index (Phi) is 6.13. The molecule has 1 aromatic carbocycles. The lowest BCUT2D eigenvalue weighted by molar-refractivity contribution is 0.316. The Morgan fingerprint density at radius 1 is 1.04 bits per heavy atom. The van der Waals surface area contributed by atoms with Crippen LogP contribution in [0.2, 0.25) is 0 Å². The molecule has 5 heteroatoms. The summed E-state index contributed by atoms with van der Waals surface area (Å²) in [4.78, 5) is 4.53. The molecule has 0 radical (unpaired) electrons. The number of oxime groups is 1. The first-order valence-electron chi connectivity index (χ1n) is 8.40. The van der Waals surface area contributed by atoms with Crippen molar-refractivity contribution in [3.63, 3.8) is 0 Å². The third kappa shape index (κ3) is 4.51. The molecular weight excluding hydrogens is 320 g/mol. The van der Waals surface area contributed by atoms with Crippen molar-refractivity contribution in [1.29, 1.82) is 0 Å². The SMILES string of the molecule is O/N=C1\CC/C=C/CC/C=C/CCC1Sc1nc2ccccc2o1. The van der Waals surface area contributed by atoms with Gasteiger partial charge in [-0.1, -0.05) is 53.4 Å². The van der Waals surface area contributed by atoms with Crippen LogP contribution in [0.1, 0.15) is 38.5 Å². The lowest BCUT2D eigenvalue weighted by atomic mass is 10.1. The van der Waals surface area contributed by atoms with Gasteiger partial charge in [0.25, 0.3) is 5.22 Å². The zero-order chi connectivity index (χ0) is 16.6. The Balaban J connectivity index is 1.77. The van der Waals surface area contributed by atoms with Crippen LogP contribution in [0.5, 0.6) is 0 Å². The summed E-state index contributed by atoms with van der Waals surface area (Å²) in [6, 6.07) is 7.75. The molecule has 1 unspecified atom stereocenters. The van der Waals surface area contributed by atoms with Crippen molar-refractivity contribution in [2.45, 2.75) is 49.0 Å². The van der Waals surface area contributed by atoms with Gasteiger partial charge in [0.2, 0.25) is 0 Å². The predicted octanol–water partition coefficient (Wildman–Crippen LogP) is 5.59. The molecule has 24 heavy (non-hydrogen) atoms. The van der Waals surface area contributed by atoms with Crippen LogP contribution in [0.3, 0.4) is 0 Å². The molecule has 1 aromatic heterocycles. The first kappa shape index (κ1) is 16.8. The highest BCUT2D eigenvalue weighted by Gasteiger charge is 2.20. The summed E-state index contributed by atoms with van der Waals surface area (Å²) >= 11 is 1.55. The number of hydrogen-bond acceptors (Lipinski definition) is 5. The third-order valence-electron chi connectivity index (χ3n) is 4.01. The smallest absolute Gasteiger partial charge is 0.257 e. The predicted molar refractivity (Wildman–Crippen MR) is 98.9 cm³/mol. The van der Waals surface area contributed by atoms with Crippen molar-refractivity contribution < 1.29 is 9.62 Å². The molecule has 2 aromatic rings. The number of rotatable bonds is 2. The Morgan fingerprint density at radius 2 is 1.79 bits per heavy atom. The summed E-state index contributed by atoms with van der Waals surface area (Å²) in [7, 11) is 0. The minimum absolute atomic E-state index is 0.0699. The summed E-state index contributed by atoms with van der Waals surface area (Å²) in [6.45, 7) is 0. The molecule has 0 spiro atoms. The number of oxazole rings is 1. The van der Waals surface area contributed by atoms with Crippen molar-refractivity contribution in [3.05, 3.63) is 48.6 Å². The summed E-state index contributed by atoms with van der Waals surface area (Å²) < 4.78 is 5.82. The van der Waals surface area contributed by atoms with Crippen molar-refractivity contribution in [1.82, 2.24) is 4.98 Å². The first-order valence-corrected chi connectivity index (χ1v) is 9.28. The van der Waals surface area contributed by atoms with Crippen molar-refractivity contribution in [2.75, 3.05) is 0 Å². The standard InChI is InChI=1S/C19H22N2O2S/c22-21-16-12-7-5-3-1-2-4-6-8-14-18(16)24-19-20-15-11-9-10-13-17(15)23-19/h3-6,9-11,13,18,22H,1-2,7-8,12,14H2/b5-3+,6-4+,21-16+. The summed E-state index contributed by atoms with van der Waals surface area (Å²) in [5.74, 6) is 0. The molecule has 3 rings (SSSR count). The van der Waals surface area contributed by atoms with Crippen LogP contribution in [-0.2, 0) is 0 Å². The summed E-state index contributed by atoms with van der Waals surface area (Å²) in [5, 5.41) is 13.7. The fourth-order valence-electron chi connectivity index (χ4n) is 2.73. The molecule has 0 fully saturated rings. The van der Waals surface area contributed by atoms with Crippen molar-refractivity contribution >= 4 is 28.6 Å². The Morgan fingerprint density at radius 3 is 2.58 bits per heavy atom. The van der Waals surface area contributed by atoms with Gasteiger partial charge in [-0.2, -0.15) is 0 Å². The number of benzene rings is 1. The Hall–Kier alpha value is -2.01. The maximum Gasteiger partial charge on any atom is 0.257 e. The zero-order valence-electron chi connectivity index (χ0n) is 13.6. The second kappa shape index (κ2) is 8.73. The van der Waals surface area contributed by atoms with Crippen LogP contribution in [0.4, 0.5) is 0 Å². The highest BCUT2D eigenvalue weighted by molar-refractivity contribution is 8.00. The second-order valence-electron chi connectivity index (χ2n) is 5.78. The first-order chi connectivity index (χ1) is 11.9. The molecule has 0 bridgehead atoms. The number of thioether (sulfide) groups is 1. The summed E-state index contributed by atoms with van der Waals surface area (Å²) in [5.41, 5.74) is 2.46. The van der Waals surface area contributed by atoms with E-state index in [1.165, 1.54) is 0 Å². The largest absolute Gasteiger partial charge is 0.431 e. The zero-order valence-corrected chi connectivity index (χ0v) is 14.4. The van der Waals surface area contributed by atoms with E-state index in [2.05, 4.69) is 34.4 Å². The van der Waals surface area contributed by atoms with Gasteiger partial charge in [0.15, 0.2) is 5.58 Å². The minimum atomic E-state index is 0.0699. The fraction of sp³-hybridized carbons (Fsp3) is 0.368. The maximum atomic E-state index is 9.47. The Labute approximate surface area is 146 Å². The molecule has 0 saturated carbocycles. The van der Waals surface area contributed by atoms with Gasteiger partial charge >= 0.3 is 0 Å². The van der Waals surface area contributed by atoms with E-state index in [0.717, 1.165) is 55.3 Å². The fourth-order valence-corrected chi connectivity index (χ4v) is 3.82. The molecule has 126 valence electrons. The lowest BCUT2D eigenvalue weighted by Crippen LogP contribution is -2.17. The number of nitrogens with zero attached hydrogens (tertiary/aromatic N) is 2. The number of fused-ring (bicyclic) bond motifs is 1. The second-order valence-corrected chi connectivity index (χ2v) is 6.94. The molecular formula is C19H22N2O2S.